The lowest BCUT2D eigenvalue weighted by molar-refractivity contribution is -0.137. The number of carboxylic acids is 1. The summed E-state index contributed by atoms with van der Waals surface area (Å²) in [7, 11) is 0. The van der Waals surface area contributed by atoms with Crippen molar-refractivity contribution in [2.24, 2.45) is 5.92 Å². The fourth-order valence-electron chi connectivity index (χ4n) is 2.53. The number of nitrogens with zero attached hydrogens (tertiary/aromatic N) is 1. The molecule has 1 atom stereocenters. The van der Waals surface area contributed by atoms with Crippen molar-refractivity contribution in [1.29, 1.82) is 0 Å². The molecule has 3 nitrogen and oxygen atoms in total. The van der Waals surface area contributed by atoms with Crippen molar-refractivity contribution in [3.05, 3.63) is 35.4 Å². The van der Waals surface area contributed by atoms with Gasteiger partial charge in [0.25, 0.3) is 0 Å². The lowest BCUT2D eigenvalue weighted by Gasteiger charge is -2.16. The molecule has 0 bridgehead atoms. The van der Waals surface area contributed by atoms with Crippen LogP contribution in [0.1, 0.15) is 24.8 Å². The first-order valence-electron chi connectivity index (χ1n) is 6.43. The number of halogens is 2. The van der Waals surface area contributed by atoms with Crippen LogP contribution in [-0.4, -0.2) is 29.1 Å². The van der Waals surface area contributed by atoms with E-state index in [-0.39, 0.29) is 18.5 Å². The van der Waals surface area contributed by atoms with E-state index in [2.05, 4.69) is 0 Å². The molecule has 1 aromatic rings. The molecule has 1 saturated heterocycles. The molecule has 5 heteroatoms. The van der Waals surface area contributed by atoms with E-state index < -0.39 is 17.6 Å². The maximum atomic E-state index is 13.5. The largest absolute Gasteiger partial charge is 0.481 e. The molecule has 1 N–H and O–H groups in total. The summed E-state index contributed by atoms with van der Waals surface area (Å²) in [4.78, 5) is 12.5. The van der Waals surface area contributed by atoms with Gasteiger partial charge in [0.05, 0.1) is 0 Å². The third-order valence-corrected chi connectivity index (χ3v) is 3.58. The van der Waals surface area contributed by atoms with Gasteiger partial charge in [-0.2, -0.15) is 0 Å². The van der Waals surface area contributed by atoms with Gasteiger partial charge in [0.1, 0.15) is 11.6 Å². The predicted molar refractivity (Wildman–Crippen MR) is 66.6 cm³/mol. The lowest BCUT2D eigenvalue weighted by Crippen LogP contribution is -2.21. The number of carboxylic acid groups (broad SMARTS) is 1. The van der Waals surface area contributed by atoms with E-state index in [4.69, 9.17) is 5.11 Å². The second kappa shape index (κ2) is 6.10. The number of hydrogen-bond donors (Lipinski definition) is 1. The minimum atomic E-state index is -0.793. The standard InChI is InChI=1S/C14H17F2NO2/c15-12-2-1-3-13(16)11(12)9-17-7-6-10(8-17)4-5-14(18)19/h1-3,10H,4-9H2,(H,18,19). The molecule has 1 aliphatic heterocycles. The zero-order chi connectivity index (χ0) is 13.8. The van der Waals surface area contributed by atoms with E-state index in [1.165, 1.54) is 18.2 Å². The molecule has 1 unspecified atom stereocenters. The zero-order valence-electron chi connectivity index (χ0n) is 10.6. The molecule has 1 aliphatic rings. The van der Waals surface area contributed by atoms with Gasteiger partial charge < -0.3 is 5.11 Å². The summed E-state index contributed by atoms with van der Waals surface area (Å²) in [5.41, 5.74) is 0.0985. The molecule has 104 valence electrons. The van der Waals surface area contributed by atoms with E-state index in [9.17, 15) is 13.6 Å². The molecule has 0 radical (unpaired) electrons. The van der Waals surface area contributed by atoms with Crippen LogP contribution in [0.25, 0.3) is 0 Å². The Bertz CT molecular complexity index is 445. The highest BCUT2D eigenvalue weighted by molar-refractivity contribution is 5.66. The number of aliphatic carboxylic acids is 1. The minimum Gasteiger partial charge on any atom is -0.481 e. The first kappa shape index (κ1) is 13.9. The van der Waals surface area contributed by atoms with Gasteiger partial charge in [0.15, 0.2) is 0 Å². The average Bonchev–Trinajstić information content (AvgIpc) is 2.79. The van der Waals surface area contributed by atoms with Crippen molar-refractivity contribution < 1.29 is 18.7 Å². The van der Waals surface area contributed by atoms with E-state index in [0.29, 0.717) is 18.9 Å². The highest BCUT2D eigenvalue weighted by Gasteiger charge is 2.24. The van der Waals surface area contributed by atoms with E-state index in [0.717, 1.165) is 13.0 Å². The molecule has 2 rings (SSSR count). The van der Waals surface area contributed by atoms with Crippen LogP contribution in [0, 0.1) is 17.6 Å². The molecule has 19 heavy (non-hydrogen) atoms. The van der Waals surface area contributed by atoms with Crippen LogP contribution in [0.3, 0.4) is 0 Å². The van der Waals surface area contributed by atoms with Crippen molar-refractivity contribution in [2.75, 3.05) is 13.1 Å². The molecule has 1 aromatic carbocycles. The van der Waals surface area contributed by atoms with E-state index >= 15 is 0 Å². The third-order valence-electron chi connectivity index (χ3n) is 3.58. The van der Waals surface area contributed by atoms with Gasteiger partial charge in [-0.3, -0.25) is 9.69 Å². The van der Waals surface area contributed by atoms with Gasteiger partial charge in [-0.25, -0.2) is 8.78 Å². The molecule has 1 heterocycles. The van der Waals surface area contributed by atoms with Gasteiger partial charge >= 0.3 is 5.97 Å². The Hall–Kier alpha value is -1.49. The Labute approximate surface area is 110 Å². The zero-order valence-corrected chi connectivity index (χ0v) is 10.6. The Morgan fingerprint density at radius 3 is 2.68 bits per heavy atom. The van der Waals surface area contributed by atoms with Gasteiger partial charge in [0, 0.05) is 25.1 Å². The maximum Gasteiger partial charge on any atom is 0.303 e. The molecular weight excluding hydrogens is 252 g/mol. The highest BCUT2D eigenvalue weighted by Crippen LogP contribution is 2.24. The fraction of sp³-hybridized carbons (Fsp3) is 0.500. The first-order valence-corrected chi connectivity index (χ1v) is 6.43. The number of carbonyl (C=O) groups is 1. The van der Waals surface area contributed by atoms with E-state index in [1.807, 2.05) is 4.90 Å². The van der Waals surface area contributed by atoms with Gasteiger partial charge in [-0.15, -0.1) is 0 Å². The Morgan fingerprint density at radius 1 is 1.37 bits per heavy atom. The van der Waals surface area contributed by atoms with Crippen LogP contribution >= 0.6 is 0 Å². The second-order valence-electron chi connectivity index (χ2n) is 5.02. The maximum absolute atomic E-state index is 13.5. The van der Waals surface area contributed by atoms with Crippen LogP contribution in [0.4, 0.5) is 8.78 Å². The second-order valence-corrected chi connectivity index (χ2v) is 5.02. The Kier molecular flexibility index (Phi) is 4.47. The van der Waals surface area contributed by atoms with Crippen LogP contribution in [-0.2, 0) is 11.3 Å². The molecule has 0 aromatic heterocycles. The Morgan fingerprint density at radius 2 is 2.05 bits per heavy atom. The normalized spacial score (nSPS) is 19.8. The topological polar surface area (TPSA) is 40.5 Å². The summed E-state index contributed by atoms with van der Waals surface area (Å²) >= 11 is 0. The molecule has 0 spiro atoms. The number of likely N-dealkylation sites (tertiary alicyclic amines) is 1. The lowest BCUT2D eigenvalue weighted by atomic mass is 10.0. The van der Waals surface area contributed by atoms with Crippen molar-refractivity contribution in [3.8, 4) is 0 Å². The first-order chi connectivity index (χ1) is 9.06. The highest BCUT2D eigenvalue weighted by atomic mass is 19.1. The molecule has 1 fully saturated rings. The molecular formula is C14H17F2NO2. The monoisotopic (exact) mass is 269 g/mol. The molecule has 0 amide bonds. The Balaban J connectivity index is 1.90. The van der Waals surface area contributed by atoms with Crippen molar-refractivity contribution in [1.82, 2.24) is 4.90 Å². The molecule has 0 saturated carbocycles. The van der Waals surface area contributed by atoms with Gasteiger partial charge in [-0.1, -0.05) is 6.07 Å². The summed E-state index contributed by atoms with van der Waals surface area (Å²) in [5.74, 6) is -1.52. The predicted octanol–water partition coefficient (Wildman–Crippen LogP) is 2.65. The average molecular weight is 269 g/mol. The van der Waals surface area contributed by atoms with Gasteiger partial charge in [-0.05, 0) is 37.4 Å². The van der Waals surface area contributed by atoms with Crippen molar-refractivity contribution >= 4 is 5.97 Å². The summed E-state index contributed by atoms with van der Waals surface area (Å²) < 4.78 is 27.0. The number of rotatable bonds is 5. The third kappa shape index (κ3) is 3.73. The summed E-state index contributed by atoms with van der Waals surface area (Å²) in [6, 6.07) is 3.88. The summed E-state index contributed by atoms with van der Waals surface area (Å²) in [5, 5.41) is 8.63. The minimum absolute atomic E-state index is 0.0985. The van der Waals surface area contributed by atoms with Crippen LogP contribution < -0.4 is 0 Å². The number of hydrogen-bond acceptors (Lipinski definition) is 2. The smallest absolute Gasteiger partial charge is 0.303 e. The van der Waals surface area contributed by atoms with Gasteiger partial charge in [0.2, 0.25) is 0 Å². The van der Waals surface area contributed by atoms with Crippen LogP contribution in [0.15, 0.2) is 18.2 Å². The summed E-state index contributed by atoms with van der Waals surface area (Å²) in [6.07, 6.45) is 1.68. The molecule has 0 aliphatic carbocycles. The van der Waals surface area contributed by atoms with Crippen LogP contribution in [0.2, 0.25) is 0 Å². The number of benzene rings is 1. The fourth-order valence-corrected chi connectivity index (χ4v) is 2.53. The van der Waals surface area contributed by atoms with Crippen molar-refractivity contribution in [3.63, 3.8) is 0 Å². The summed E-state index contributed by atoms with van der Waals surface area (Å²) in [6.45, 7) is 1.72. The van der Waals surface area contributed by atoms with E-state index in [1.54, 1.807) is 0 Å². The SMILES string of the molecule is O=C(O)CCC1CCN(Cc2c(F)cccc2F)C1. The quantitative estimate of drug-likeness (QED) is 0.893. The van der Waals surface area contributed by atoms with Crippen LogP contribution in [0.5, 0.6) is 0 Å². The van der Waals surface area contributed by atoms with Crippen molar-refractivity contribution in [2.45, 2.75) is 25.8 Å².